The molecular weight excluding hydrogens is 402 g/mol. The molecule has 1 aromatic rings. The number of carboxylic acids is 2. The lowest BCUT2D eigenvalue weighted by molar-refractivity contribution is -0.161. The van der Waals surface area contributed by atoms with Crippen molar-refractivity contribution in [3.05, 3.63) is 35.9 Å². The van der Waals surface area contributed by atoms with Crippen LogP contribution in [0.25, 0.3) is 0 Å². The van der Waals surface area contributed by atoms with Gasteiger partial charge in [0.1, 0.15) is 30.1 Å². The molecule has 3 rings (SSSR count). The molecule has 2 heterocycles. The Hall–Kier alpha value is -2.63. The summed E-state index contributed by atoms with van der Waals surface area (Å²) in [5.41, 5.74) is 6.59. The highest BCUT2D eigenvalue weighted by Gasteiger charge is 2.64. The van der Waals surface area contributed by atoms with E-state index in [0.717, 1.165) is 0 Å². The van der Waals surface area contributed by atoms with E-state index in [1.807, 2.05) is 6.07 Å². The molecule has 6 N–H and O–H groups in total. The van der Waals surface area contributed by atoms with Crippen LogP contribution < -0.4 is 11.1 Å². The molecule has 0 aliphatic carbocycles. The lowest BCUT2D eigenvalue weighted by atomic mass is 9.95. The van der Waals surface area contributed by atoms with Crippen molar-refractivity contribution in [3.8, 4) is 0 Å². The highest BCUT2D eigenvalue weighted by atomic mass is 32.2. The van der Waals surface area contributed by atoms with Crippen molar-refractivity contribution in [2.45, 2.75) is 42.1 Å². The summed E-state index contributed by atoms with van der Waals surface area (Å²) in [5.74, 6) is -3.05. The third-order valence-electron chi connectivity index (χ3n) is 4.55. The Labute approximate surface area is 171 Å². The monoisotopic (exact) mass is 425 g/mol. The van der Waals surface area contributed by atoms with Crippen LogP contribution in [-0.2, 0) is 19.2 Å². The van der Waals surface area contributed by atoms with Crippen LogP contribution in [0.15, 0.2) is 30.3 Å². The molecule has 2 aliphatic heterocycles. The first-order valence-electron chi connectivity index (χ1n) is 8.67. The minimum Gasteiger partial charge on any atom is -0.480 e. The number of carbonyl (C=O) groups is 4. The predicted octanol–water partition coefficient (Wildman–Crippen LogP) is -0.619. The lowest BCUT2D eigenvalue weighted by Crippen LogP contribution is -2.71. The fraction of sp³-hybridized carbons (Fsp3) is 0.444. The zero-order valence-corrected chi connectivity index (χ0v) is 16.6. The number of aliphatic hydroxyl groups is 1. The summed E-state index contributed by atoms with van der Waals surface area (Å²) in [6.45, 7) is 2.80. The van der Waals surface area contributed by atoms with E-state index in [9.17, 15) is 19.5 Å². The van der Waals surface area contributed by atoms with Crippen LogP contribution in [0.1, 0.15) is 25.5 Å². The maximum Gasteiger partial charge on any atom is 0.329 e. The number of fused-ring (bicyclic) bond motifs is 1. The largest absolute Gasteiger partial charge is 0.480 e. The lowest BCUT2D eigenvalue weighted by Gasteiger charge is -2.43. The van der Waals surface area contributed by atoms with E-state index in [0.29, 0.717) is 5.56 Å². The van der Waals surface area contributed by atoms with Crippen LogP contribution in [0.3, 0.4) is 0 Å². The van der Waals surface area contributed by atoms with Gasteiger partial charge in [0.2, 0.25) is 11.8 Å². The first-order chi connectivity index (χ1) is 13.5. The highest BCUT2D eigenvalue weighted by Crippen LogP contribution is 2.50. The summed E-state index contributed by atoms with van der Waals surface area (Å²) in [6.07, 6.45) is 0. The van der Waals surface area contributed by atoms with Crippen molar-refractivity contribution in [1.82, 2.24) is 10.2 Å². The molecule has 10 nitrogen and oxygen atoms in total. The predicted molar refractivity (Wildman–Crippen MR) is 104 cm³/mol. The Morgan fingerprint density at radius 2 is 1.79 bits per heavy atom. The van der Waals surface area contributed by atoms with Crippen molar-refractivity contribution >= 4 is 35.5 Å². The van der Waals surface area contributed by atoms with Crippen LogP contribution in [0.2, 0.25) is 0 Å². The number of β-lactam (4-membered cyclic amide) rings is 1. The Morgan fingerprint density at radius 3 is 2.28 bits per heavy atom. The Morgan fingerprint density at radius 1 is 1.24 bits per heavy atom. The maximum absolute atomic E-state index is 12.3. The summed E-state index contributed by atoms with van der Waals surface area (Å²) in [6, 6.07) is 6.38. The molecule has 29 heavy (non-hydrogen) atoms. The third-order valence-corrected chi connectivity index (χ3v) is 6.12. The van der Waals surface area contributed by atoms with Gasteiger partial charge in [-0.1, -0.05) is 30.3 Å². The molecule has 2 amide bonds. The molecular formula is C18H23N3O7S. The molecule has 158 valence electrons. The van der Waals surface area contributed by atoms with Gasteiger partial charge in [-0.15, -0.1) is 11.8 Å². The Kier molecular flexibility index (Phi) is 6.88. The number of carbonyl (C=O) groups excluding carboxylic acids is 2. The van der Waals surface area contributed by atoms with Gasteiger partial charge < -0.3 is 31.3 Å². The van der Waals surface area contributed by atoms with Gasteiger partial charge in [0.05, 0.1) is 0 Å². The number of benzene rings is 1. The van der Waals surface area contributed by atoms with Gasteiger partial charge in [-0.05, 0) is 19.4 Å². The van der Waals surface area contributed by atoms with Gasteiger partial charge in [0.15, 0.2) is 0 Å². The molecule has 0 spiro atoms. The first-order valence-corrected chi connectivity index (χ1v) is 9.55. The molecule has 0 unspecified atom stereocenters. The quantitative estimate of drug-likeness (QED) is 0.386. The van der Waals surface area contributed by atoms with E-state index in [-0.39, 0.29) is 11.3 Å². The number of nitrogens with one attached hydrogen (secondary N) is 1. The van der Waals surface area contributed by atoms with Gasteiger partial charge in [0, 0.05) is 4.75 Å². The van der Waals surface area contributed by atoms with Crippen molar-refractivity contribution in [3.63, 3.8) is 0 Å². The number of nitrogens with two attached hydrogens (primary N) is 1. The number of thioether (sulfide) groups is 1. The van der Waals surface area contributed by atoms with Crippen LogP contribution in [0.4, 0.5) is 0 Å². The average Bonchev–Trinajstić information content (AvgIpc) is 2.94. The number of hydrogen-bond acceptors (Lipinski definition) is 7. The van der Waals surface area contributed by atoms with E-state index >= 15 is 0 Å². The number of hydrogen-bond donors (Lipinski definition) is 5. The summed E-state index contributed by atoms with van der Waals surface area (Å²) >= 11 is 1.38. The van der Waals surface area contributed by atoms with Crippen molar-refractivity contribution in [2.24, 2.45) is 5.73 Å². The summed E-state index contributed by atoms with van der Waals surface area (Å²) < 4.78 is -0.618. The molecule has 0 saturated carbocycles. The van der Waals surface area contributed by atoms with E-state index in [1.165, 1.54) is 16.7 Å². The number of aliphatic carboxylic acids is 2. The van der Waals surface area contributed by atoms with Gasteiger partial charge in [-0.3, -0.25) is 9.59 Å². The third kappa shape index (κ3) is 4.69. The van der Waals surface area contributed by atoms with Crippen molar-refractivity contribution in [1.29, 1.82) is 0 Å². The topological polar surface area (TPSA) is 170 Å². The highest BCUT2D eigenvalue weighted by molar-refractivity contribution is 8.01. The van der Waals surface area contributed by atoms with Crippen molar-refractivity contribution in [2.75, 3.05) is 6.61 Å². The van der Waals surface area contributed by atoms with Crippen LogP contribution in [-0.4, -0.2) is 72.8 Å². The smallest absolute Gasteiger partial charge is 0.329 e. The number of nitrogens with zero attached hydrogens (tertiary/aromatic N) is 1. The van der Waals surface area contributed by atoms with Crippen LogP contribution >= 0.6 is 11.8 Å². The minimum atomic E-state index is -1.19. The Bertz CT molecular complexity index is 802. The Balaban J connectivity index is 0.000000537. The van der Waals surface area contributed by atoms with Crippen LogP contribution in [0.5, 0.6) is 0 Å². The molecule has 2 fully saturated rings. The van der Waals surface area contributed by atoms with Crippen LogP contribution in [0, 0.1) is 0 Å². The number of carboxylic acid groups (broad SMARTS) is 2. The standard InChI is InChI=1S/C16H19N3O4S.C2H4O3/c1-16(2)11(15(22)23)19-13(21)10(14(19)24-16)18-12(20)9(17)8-6-4-3-5-7-8;3-1-2(4)5/h3-7,9-11,14H,17H2,1-2H3,(H,18,20)(H,22,23);3H,1H2,(H,4,5)/t9-,10-,11+,14-;/m1./s1. The molecule has 1 aromatic carbocycles. The fourth-order valence-electron chi connectivity index (χ4n) is 3.20. The number of rotatable bonds is 5. The molecule has 0 bridgehead atoms. The van der Waals surface area contributed by atoms with Gasteiger partial charge in [-0.2, -0.15) is 0 Å². The molecule has 2 saturated heterocycles. The van der Waals surface area contributed by atoms with E-state index in [2.05, 4.69) is 5.32 Å². The molecule has 11 heteroatoms. The summed E-state index contributed by atoms with van der Waals surface area (Å²) in [5, 5.41) is 26.7. The van der Waals surface area contributed by atoms with E-state index in [1.54, 1.807) is 38.1 Å². The van der Waals surface area contributed by atoms with Gasteiger partial charge in [0.25, 0.3) is 0 Å². The minimum absolute atomic E-state index is 0.375. The SMILES string of the molecule is CC1(C)S[C@@H]2[C@H](NC(=O)[C@H](N)c3ccccc3)C(=O)N2[C@H]1C(=O)O.O=C(O)CO. The molecule has 2 aliphatic rings. The molecule has 4 atom stereocenters. The van der Waals surface area contributed by atoms with Crippen molar-refractivity contribution < 1.29 is 34.5 Å². The summed E-state index contributed by atoms with van der Waals surface area (Å²) in [7, 11) is 0. The van der Waals surface area contributed by atoms with Gasteiger partial charge >= 0.3 is 11.9 Å². The number of amides is 2. The normalized spacial score (nSPS) is 25.0. The molecule has 0 radical (unpaired) electrons. The zero-order valence-electron chi connectivity index (χ0n) is 15.8. The van der Waals surface area contributed by atoms with E-state index in [4.69, 9.17) is 20.7 Å². The number of aliphatic hydroxyl groups excluding tert-OH is 1. The second-order valence-electron chi connectivity index (χ2n) is 7.02. The summed E-state index contributed by atoms with van der Waals surface area (Å²) in [4.78, 5) is 46.6. The second-order valence-corrected chi connectivity index (χ2v) is 8.80. The first kappa shape index (κ1) is 22.7. The average molecular weight is 425 g/mol. The van der Waals surface area contributed by atoms with Gasteiger partial charge in [-0.25, -0.2) is 9.59 Å². The maximum atomic E-state index is 12.3. The zero-order chi connectivity index (χ0) is 21.9. The van der Waals surface area contributed by atoms with E-state index < -0.39 is 47.3 Å². The second kappa shape index (κ2) is 8.80. The molecule has 0 aromatic heterocycles. The fourth-order valence-corrected chi connectivity index (χ4v) is 4.83.